The van der Waals surface area contributed by atoms with E-state index in [4.69, 9.17) is 5.84 Å². The van der Waals surface area contributed by atoms with Crippen molar-refractivity contribution in [2.45, 2.75) is 12.8 Å². The fraction of sp³-hybridized carbons (Fsp3) is 0.667. The Morgan fingerprint density at radius 1 is 1.47 bits per heavy atom. The van der Waals surface area contributed by atoms with Crippen LogP contribution in [0.5, 0.6) is 0 Å². The van der Waals surface area contributed by atoms with Crippen LogP contribution in [0, 0.1) is 5.92 Å². The molecule has 0 saturated carbocycles. The Morgan fingerprint density at radius 2 is 2.16 bits per heavy atom. The Balaban J connectivity index is 2.01. The molecular formula is C12H21BrN6. The summed E-state index contributed by atoms with van der Waals surface area (Å²) in [5.74, 6) is 7.51. The minimum Gasteiger partial charge on any atom is -0.355 e. The highest BCUT2D eigenvalue weighted by molar-refractivity contribution is 9.10. The van der Waals surface area contributed by atoms with Gasteiger partial charge in [-0.05, 0) is 48.8 Å². The number of hydrazine groups is 1. The first-order valence-electron chi connectivity index (χ1n) is 6.49. The van der Waals surface area contributed by atoms with Crippen LogP contribution in [0.2, 0.25) is 0 Å². The van der Waals surface area contributed by atoms with E-state index in [-0.39, 0.29) is 0 Å². The Morgan fingerprint density at radius 3 is 2.74 bits per heavy atom. The van der Waals surface area contributed by atoms with Gasteiger partial charge in [-0.1, -0.05) is 0 Å². The molecule has 0 aromatic carbocycles. The van der Waals surface area contributed by atoms with Crippen molar-refractivity contribution in [3.63, 3.8) is 0 Å². The van der Waals surface area contributed by atoms with Crippen LogP contribution in [0.3, 0.4) is 0 Å². The van der Waals surface area contributed by atoms with Crippen molar-refractivity contribution in [2.24, 2.45) is 11.8 Å². The monoisotopic (exact) mass is 328 g/mol. The Labute approximate surface area is 122 Å². The molecule has 0 atom stereocenters. The highest BCUT2D eigenvalue weighted by Crippen LogP contribution is 2.28. The van der Waals surface area contributed by atoms with Crippen LogP contribution in [-0.2, 0) is 0 Å². The topological polar surface area (TPSA) is 70.3 Å². The summed E-state index contributed by atoms with van der Waals surface area (Å²) in [6.45, 7) is 3.21. The van der Waals surface area contributed by atoms with Crippen molar-refractivity contribution in [3.05, 3.63) is 10.7 Å². The summed E-state index contributed by atoms with van der Waals surface area (Å²) in [5.41, 5.74) is 2.49. The first kappa shape index (κ1) is 14.5. The van der Waals surface area contributed by atoms with Gasteiger partial charge in [-0.2, -0.15) is 4.98 Å². The van der Waals surface area contributed by atoms with Gasteiger partial charge in [0.05, 0.1) is 4.47 Å². The molecule has 2 rings (SSSR count). The lowest BCUT2D eigenvalue weighted by Gasteiger charge is -2.34. The van der Waals surface area contributed by atoms with E-state index in [1.807, 2.05) is 0 Å². The molecule has 6 nitrogen and oxygen atoms in total. The maximum Gasteiger partial charge on any atom is 0.239 e. The molecular weight excluding hydrogens is 308 g/mol. The molecule has 7 heteroatoms. The molecule has 0 aliphatic carbocycles. The van der Waals surface area contributed by atoms with Crippen LogP contribution in [0.1, 0.15) is 12.8 Å². The highest BCUT2D eigenvalue weighted by Gasteiger charge is 2.22. The zero-order valence-electron chi connectivity index (χ0n) is 11.4. The molecule has 3 N–H and O–H groups in total. The zero-order chi connectivity index (χ0) is 13.8. The van der Waals surface area contributed by atoms with E-state index in [2.05, 4.69) is 55.2 Å². The summed E-state index contributed by atoms with van der Waals surface area (Å²) in [6, 6.07) is 0. The van der Waals surface area contributed by atoms with E-state index in [1.54, 1.807) is 6.20 Å². The first-order chi connectivity index (χ1) is 9.10. The lowest BCUT2D eigenvalue weighted by Crippen LogP contribution is -2.37. The summed E-state index contributed by atoms with van der Waals surface area (Å²) in [7, 11) is 4.26. The van der Waals surface area contributed by atoms with Gasteiger partial charge in [0.2, 0.25) is 5.95 Å². The van der Waals surface area contributed by atoms with Crippen molar-refractivity contribution >= 4 is 27.7 Å². The molecule has 1 aromatic rings. The second-order valence-corrected chi connectivity index (χ2v) is 6.06. The summed E-state index contributed by atoms with van der Waals surface area (Å²) >= 11 is 3.51. The number of aromatic nitrogens is 2. The first-order valence-corrected chi connectivity index (χ1v) is 7.28. The molecule has 1 fully saturated rings. The van der Waals surface area contributed by atoms with Gasteiger partial charge < -0.3 is 9.80 Å². The smallest absolute Gasteiger partial charge is 0.239 e. The average Bonchev–Trinajstić information content (AvgIpc) is 2.40. The second-order valence-electron chi connectivity index (χ2n) is 5.20. The maximum absolute atomic E-state index is 5.36. The van der Waals surface area contributed by atoms with Crippen LogP contribution in [0.4, 0.5) is 11.8 Å². The number of rotatable bonds is 4. The average molecular weight is 329 g/mol. The van der Waals surface area contributed by atoms with Crippen molar-refractivity contribution < 1.29 is 0 Å². The summed E-state index contributed by atoms with van der Waals surface area (Å²) < 4.78 is 0.914. The standard InChI is InChI=1S/C12H21BrN6/c1-18(2)8-9-3-5-19(6-4-9)11-10(13)7-15-12(16-11)17-14/h7,9H,3-6,8,14H2,1-2H3,(H,15,16,17). The molecule has 0 amide bonds. The van der Waals surface area contributed by atoms with E-state index in [9.17, 15) is 0 Å². The van der Waals surface area contributed by atoms with Gasteiger partial charge in [-0.15, -0.1) is 0 Å². The zero-order valence-corrected chi connectivity index (χ0v) is 13.0. The number of nitrogens with two attached hydrogens (primary N) is 1. The lowest BCUT2D eigenvalue weighted by molar-refractivity contribution is 0.284. The third kappa shape index (κ3) is 3.77. The molecule has 0 radical (unpaired) electrons. The van der Waals surface area contributed by atoms with Gasteiger partial charge in [0, 0.05) is 25.8 Å². The number of piperidine rings is 1. The van der Waals surface area contributed by atoms with E-state index < -0.39 is 0 Å². The van der Waals surface area contributed by atoms with Crippen molar-refractivity contribution in [2.75, 3.05) is 44.1 Å². The second kappa shape index (κ2) is 6.49. The fourth-order valence-electron chi connectivity index (χ4n) is 2.49. The molecule has 1 aliphatic heterocycles. The molecule has 19 heavy (non-hydrogen) atoms. The predicted octanol–water partition coefficient (Wildman–Crippen LogP) is 1.30. The Hall–Kier alpha value is -0.920. The molecule has 0 unspecified atom stereocenters. The quantitative estimate of drug-likeness (QED) is 0.641. The number of anilines is 2. The van der Waals surface area contributed by atoms with Crippen molar-refractivity contribution in [3.8, 4) is 0 Å². The number of hydrogen-bond donors (Lipinski definition) is 2. The van der Waals surface area contributed by atoms with Crippen LogP contribution >= 0.6 is 15.9 Å². The molecule has 106 valence electrons. The van der Waals surface area contributed by atoms with E-state index in [1.165, 1.54) is 12.8 Å². The molecule has 1 aromatic heterocycles. The fourth-order valence-corrected chi connectivity index (χ4v) is 2.93. The Bertz CT molecular complexity index is 417. The normalized spacial score (nSPS) is 17.0. The van der Waals surface area contributed by atoms with Crippen molar-refractivity contribution in [1.29, 1.82) is 0 Å². The van der Waals surface area contributed by atoms with Gasteiger partial charge in [-0.25, -0.2) is 10.8 Å². The number of nitrogens with zero attached hydrogens (tertiary/aromatic N) is 4. The van der Waals surface area contributed by atoms with Gasteiger partial charge in [-0.3, -0.25) is 5.43 Å². The number of nitrogen functional groups attached to an aromatic ring is 1. The predicted molar refractivity (Wildman–Crippen MR) is 81.0 cm³/mol. The third-order valence-corrected chi connectivity index (χ3v) is 3.95. The molecule has 1 aliphatic rings. The van der Waals surface area contributed by atoms with Crippen LogP contribution in [-0.4, -0.2) is 48.6 Å². The van der Waals surface area contributed by atoms with Gasteiger partial charge >= 0.3 is 0 Å². The summed E-state index contributed by atoms with van der Waals surface area (Å²) in [6.07, 6.45) is 4.13. The molecule has 1 saturated heterocycles. The molecule has 0 bridgehead atoms. The van der Waals surface area contributed by atoms with Crippen molar-refractivity contribution in [1.82, 2.24) is 14.9 Å². The summed E-state index contributed by atoms with van der Waals surface area (Å²) in [4.78, 5) is 13.1. The lowest BCUT2D eigenvalue weighted by atomic mass is 9.96. The largest absolute Gasteiger partial charge is 0.355 e. The SMILES string of the molecule is CN(C)CC1CCN(c2nc(NN)ncc2Br)CC1. The Kier molecular flexibility index (Phi) is 4.95. The summed E-state index contributed by atoms with van der Waals surface area (Å²) in [5, 5.41) is 0. The number of hydrogen-bond acceptors (Lipinski definition) is 6. The molecule has 0 spiro atoms. The van der Waals surface area contributed by atoms with Gasteiger partial charge in [0.1, 0.15) is 5.82 Å². The van der Waals surface area contributed by atoms with E-state index in [0.29, 0.717) is 5.95 Å². The minimum atomic E-state index is 0.452. The maximum atomic E-state index is 5.36. The molecule has 2 heterocycles. The highest BCUT2D eigenvalue weighted by atomic mass is 79.9. The van der Waals surface area contributed by atoms with E-state index in [0.717, 1.165) is 35.8 Å². The van der Waals surface area contributed by atoms with Crippen LogP contribution in [0.15, 0.2) is 10.7 Å². The minimum absolute atomic E-state index is 0.452. The van der Waals surface area contributed by atoms with E-state index >= 15 is 0 Å². The van der Waals surface area contributed by atoms with Crippen LogP contribution < -0.4 is 16.2 Å². The number of halogens is 1. The van der Waals surface area contributed by atoms with Gasteiger partial charge in [0.15, 0.2) is 0 Å². The van der Waals surface area contributed by atoms with Crippen LogP contribution in [0.25, 0.3) is 0 Å². The third-order valence-electron chi connectivity index (χ3n) is 3.39. The number of nitrogens with one attached hydrogen (secondary N) is 1. The van der Waals surface area contributed by atoms with Gasteiger partial charge in [0.25, 0.3) is 0 Å².